The van der Waals surface area contributed by atoms with E-state index in [2.05, 4.69) is 5.32 Å². The third-order valence-corrected chi connectivity index (χ3v) is 7.94. The van der Waals surface area contributed by atoms with E-state index in [0.29, 0.717) is 35.6 Å². The van der Waals surface area contributed by atoms with Crippen LogP contribution in [0.2, 0.25) is 0 Å². The molecule has 1 amide bonds. The summed E-state index contributed by atoms with van der Waals surface area (Å²) in [6, 6.07) is 7.75. The molecule has 6 heteroatoms. The van der Waals surface area contributed by atoms with E-state index in [4.69, 9.17) is 0 Å². The van der Waals surface area contributed by atoms with Gasteiger partial charge in [-0.1, -0.05) is 25.5 Å². The molecule has 0 radical (unpaired) electrons. The van der Waals surface area contributed by atoms with Crippen molar-refractivity contribution in [3.8, 4) is 0 Å². The Bertz CT molecular complexity index is 1060. The van der Waals surface area contributed by atoms with Crippen LogP contribution in [0.25, 0.3) is 0 Å². The number of carbonyl (C=O) groups excluding carboxylic acids is 2. The van der Waals surface area contributed by atoms with Gasteiger partial charge in [-0.3, -0.25) is 9.59 Å². The summed E-state index contributed by atoms with van der Waals surface area (Å²) in [5.74, 6) is 0.0377. The highest BCUT2D eigenvalue weighted by molar-refractivity contribution is 6.09. The number of aryl methyl sites for hydroxylation is 1. The Hall–Kier alpha value is -2.47. The van der Waals surface area contributed by atoms with E-state index in [1.807, 2.05) is 6.92 Å². The van der Waals surface area contributed by atoms with Crippen molar-refractivity contribution in [3.05, 3.63) is 58.7 Å². The van der Waals surface area contributed by atoms with Gasteiger partial charge in [0.1, 0.15) is 11.5 Å². The zero-order valence-corrected chi connectivity index (χ0v) is 18.7. The van der Waals surface area contributed by atoms with Crippen molar-refractivity contribution in [1.29, 1.82) is 0 Å². The molecule has 32 heavy (non-hydrogen) atoms. The quantitative estimate of drug-likeness (QED) is 0.670. The number of benzene rings is 1. The lowest BCUT2D eigenvalue weighted by molar-refractivity contribution is -0.137. The second kappa shape index (κ2) is 7.84. The molecule has 0 spiro atoms. The van der Waals surface area contributed by atoms with Crippen molar-refractivity contribution in [2.75, 3.05) is 0 Å². The first-order chi connectivity index (χ1) is 15.3. The highest BCUT2D eigenvalue weighted by Gasteiger charge is 2.55. The summed E-state index contributed by atoms with van der Waals surface area (Å²) in [6.45, 7) is 2.03. The van der Waals surface area contributed by atoms with Gasteiger partial charge >= 0.3 is 0 Å². The van der Waals surface area contributed by atoms with E-state index < -0.39 is 17.2 Å². The van der Waals surface area contributed by atoms with Crippen LogP contribution in [0.5, 0.6) is 0 Å². The minimum Gasteiger partial charge on any atom is -0.390 e. The largest absolute Gasteiger partial charge is 0.390 e. The number of hydrogen-bond donors (Lipinski definition) is 2. The van der Waals surface area contributed by atoms with E-state index in [1.165, 1.54) is 12.1 Å². The van der Waals surface area contributed by atoms with Gasteiger partial charge in [-0.2, -0.15) is 0 Å². The predicted octanol–water partition coefficient (Wildman–Crippen LogP) is 4.02. The monoisotopic (exact) mass is 438 g/mol. The van der Waals surface area contributed by atoms with E-state index in [1.54, 1.807) is 29.8 Å². The molecular formula is C26H31FN2O3. The zero-order chi connectivity index (χ0) is 22.6. The van der Waals surface area contributed by atoms with Crippen LogP contribution in [-0.4, -0.2) is 33.0 Å². The minimum atomic E-state index is -0.562. The summed E-state index contributed by atoms with van der Waals surface area (Å²) in [4.78, 5) is 26.6. The molecule has 2 atom stereocenters. The summed E-state index contributed by atoms with van der Waals surface area (Å²) < 4.78 is 15.9. The molecule has 0 saturated heterocycles. The average molecular weight is 439 g/mol. The molecule has 6 rings (SSSR count). The van der Waals surface area contributed by atoms with Crippen LogP contribution in [0.4, 0.5) is 4.39 Å². The molecule has 4 aliphatic rings. The fraction of sp³-hybridized carbons (Fsp3) is 0.538. The lowest BCUT2D eigenvalue weighted by atomic mass is 9.52. The maximum absolute atomic E-state index is 14.2. The standard InChI is InChI=1S/C26H31FN2O3/c1-3-6-16-11-21(24(30)19-7-4-5-8-20(19)27)29(2)23(16)25(31)28-22-17-9-15-10-18(22)14-26(32,12-15)13-17/h4-5,7-8,11,15,17-18,22,32H,3,6,9-10,12-14H2,1-2H3,(H,28,31). The molecule has 2 N–H and O–H groups in total. The van der Waals surface area contributed by atoms with Crippen LogP contribution >= 0.6 is 0 Å². The van der Waals surface area contributed by atoms with E-state index in [9.17, 15) is 19.1 Å². The topological polar surface area (TPSA) is 71.3 Å². The Morgan fingerprint density at radius 1 is 1.19 bits per heavy atom. The van der Waals surface area contributed by atoms with Crippen LogP contribution in [0, 0.1) is 23.6 Å². The summed E-state index contributed by atoms with van der Waals surface area (Å²) in [6.07, 6.45) is 6.06. The third-order valence-electron chi connectivity index (χ3n) is 7.94. The number of aromatic nitrogens is 1. The van der Waals surface area contributed by atoms with Crippen molar-refractivity contribution in [2.24, 2.45) is 24.8 Å². The Balaban J connectivity index is 1.44. The van der Waals surface area contributed by atoms with Gasteiger partial charge in [0.05, 0.1) is 16.9 Å². The van der Waals surface area contributed by atoms with E-state index in [0.717, 1.165) is 44.1 Å². The molecule has 2 aromatic rings. The SMILES string of the molecule is CCCc1cc(C(=O)c2ccccc2F)n(C)c1C(=O)NC1C2CC3CC1CC(O)(C3)C2. The maximum atomic E-state index is 14.2. The lowest BCUT2D eigenvalue weighted by Crippen LogP contribution is -2.61. The van der Waals surface area contributed by atoms with Crippen LogP contribution in [-0.2, 0) is 13.5 Å². The van der Waals surface area contributed by atoms with Gasteiger partial charge in [0.25, 0.3) is 5.91 Å². The van der Waals surface area contributed by atoms with Gasteiger partial charge in [-0.05, 0) is 80.0 Å². The highest BCUT2D eigenvalue weighted by atomic mass is 19.1. The second-order valence-corrected chi connectivity index (χ2v) is 10.2. The maximum Gasteiger partial charge on any atom is 0.268 e. The normalized spacial score (nSPS) is 30.5. The van der Waals surface area contributed by atoms with E-state index in [-0.39, 0.29) is 17.5 Å². The molecule has 4 fully saturated rings. The van der Waals surface area contributed by atoms with Crippen molar-refractivity contribution < 1.29 is 19.1 Å². The minimum absolute atomic E-state index is 0.0115. The number of amides is 1. The first kappa shape index (κ1) is 21.4. The Morgan fingerprint density at radius 3 is 2.50 bits per heavy atom. The molecule has 4 bridgehead atoms. The zero-order valence-electron chi connectivity index (χ0n) is 18.7. The predicted molar refractivity (Wildman–Crippen MR) is 119 cm³/mol. The molecule has 1 heterocycles. The third kappa shape index (κ3) is 3.49. The number of aliphatic hydroxyl groups is 1. The summed E-state index contributed by atoms with van der Waals surface area (Å²) in [5, 5.41) is 14.1. The highest BCUT2D eigenvalue weighted by Crippen LogP contribution is 2.55. The van der Waals surface area contributed by atoms with Crippen LogP contribution in [0.1, 0.15) is 77.6 Å². The van der Waals surface area contributed by atoms with Gasteiger partial charge in [-0.15, -0.1) is 0 Å². The molecule has 0 aliphatic heterocycles. The fourth-order valence-corrected chi connectivity index (χ4v) is 6.86. The van der Waals surface area contributed by atoms with Crippen molar-refractivity contribution in [3.63, 3.8) is 0 Å². The summed E-state index contributed by atoms with van der Waals surface area (Å²) >= 11 is 0. The van der Waals surface area contributed by atoms with Gasteiger partial charge in [-0.25, -0.2) is 4.39 Å². The number of halogens is 1. The number of ketones is 1. The molecule has 1 aromatic heterocycles. The second-order valence-electron chi connectivity index (χ2n) is 10.2. The van der Waals surface area contributed by atoms with Crippen molar-refractivity contribution in [1.82, 2.24) is 9.88 Å². The fourth-order valence-electron chi connectivity index (χ4n) is 6.86. The first-order valence-electron chi connectivity index (χ1n) is 11.8. The van der Waals surface area contributed by atoms with Gasteiger partial charge in [0.15, 0.2) is 0 Å². The summed E-state index contributed by atoms with van der Waals surface area (Å²) in [5.41, 5.74) is 1.09. The summed E-state index contributed by atoms with van der Waals surface area (Å²) in [7, 11) is 1.71. The number of nitrogens with zero attached hydrogens (tertiary/aromatic N) is 1. The molecule has 5 nitrogen and oxygen atoms in total. The Kier molecular flexibility index (Phi) is 5.24. The van der Waals surface area contributed by atoms with Gasteiger partial charge < -0.3 is 15.0 Å². The van der Waals surface area contributed by atoms with Crippen LogP contribution in [0.15, 0.2) is 30.3 Å². The molecule has 170 valence electrons. The lowest BCUT2D eigenvalue weighted by Gasteiger charge is -2.58. The molecule has 4 saturated carbocycles. The average Bonchev–Trinajstić information content (AvgIpc) is 3.05. The van der Waals surface area contributed by atoms with E-state index >= 15 is 0 Å². The number of rotatable bonds is 6. The molecule has 4 aliphatic carbocycles. The van der Waals surface area contributed by atoms with Crippen LogP contribution in [0.3, 0.4) is 0 Å². The number of nitrogens with one attached hydrogen (secondary N) is 1. The van der Waals surface area contributed by atoms with Crippen molar-refractivity contribution >= 4 is 11.7 Å². The van der Waals surface area contributed by atoms with Gasteiger partial charge in [0.2, 0.25) is 5.78 Å². The van der Waals surface area contributed by atoms with Crippen molar-refractivity contribution in [2.45, 2.75) is 63.5 Å². The Morgan fingerprint density at radius 2 is 1.88 bits per heavy atom. The Labute approximate surface area is 188 Å². The number of carbonyl (C=O) groups is 2. The van der Waals surface area contributed by atoms with Gasteiger partial charge in [0, 0.05) is 13.1 Å². The molecule has 1 aromatic carbocycles. The molecular weight excluding hydrogens is 407 g/mol. The molecule has 2 unspecified atom stereocenters. The number of hydrogen-bond acceptors (Lipinski definition) is 3. The smallest absolute Gasteiger partial charge is 0.268 e. The first-order valence-corrected chi connectivity index (χ1v) is 11.8. The van der Waals surface area contributed by atoms with Crippen LogP contribution < -0.4 is 5.32 Å².